The zero-order valence-electron chi connectivity index (χ0n) is 20.4. The molecule has 0 saturated heterocycles. The molecule has 0 rings (SSSR count). The topological polar surface area (TPSA) is 151 Å². The van der Waals surface area contributed by atoms with Crippen LogP contribution in [0.1, 0.15) is 60.8 Å². The molecule has 0 aromatic heterocycles. The van der Waals surface area contributed by atoms with Crippen LogP contribution in [0, 0.1) is 17.8 Å². The molecular weight excluding hydrogens is 432 g/mol. The van der Waals surface area contributed by atoms with Gasteiger partial charge in [0.15, 0.2) is 0 Å². The van der Waals surface area contributed by atoms with Crippen LogP contribution in [-0.4, -0.2) is 65.0 Å². The van der Waals surface area contributed by atoms with Crippen molar-refractivity contribution in [3.63, 3.8) is 0 Å². The van der Waals surface area contributed by atoms with Crippen molar-refractivity contribution in [2.45, 2.75) is 85.0 Å². The van der Waals surface area contributed by atoms with Gasteiger partial charge in [-0.1, -0.05) is 54.4 Å². The number of carbonyl (C=O) groups excluding carboxylic acids is 3. The maximum absolute atomic E-state index is 13.0. The van der Waals surface area contributed by atoms with Crippen molar-refractivity contribution < 1.29 is 24.3 Å². The highest BCUT2D eigenvalue weighted by Gasteiger charge is 2.33. The van der Waals surface area contributed by atoms with Crippen molar-refractivity contribution in [1.82, 2.24) is 16.0 Å². The van der Waals surface area contributed by atoms with E-state index < -0.39 is 47.9 Å². The Bertz CT molecular complexity index is 631. The third kappa shape index (κ3) is 9.77. The minimum Gasteiger partial charge on any atom is -0.480 e. The molecule has 6 N–H and O–H groups in total. The number of hydrogen-bond donors (Lipinski definition) is 5. The lowest BCUT2D eigenvalue weighted by Crippen LogP contribution is -2.59. The molecule has 6 atom stereocenters. The van der Waals surface area contributed by atoms with Gasteiger partial charge in [0.2, 0.25) is 17.7 Å². The van der Waals surface area contributed by atoms with Gasteiger partial charge in [-0.3, -0.25) is 14.4 Å². The van der Waals surface area contributed by atoms with Crippen molar-refractivity contribution in [2.75, 3.05) is 12.0 Å². The second-order valence-corrected chi connectivity index (χ2v) is 9.68. The number of carboxylic acid groups (broad SMARTS) is 1. The first kappa shape index (κ1) is 30.2. The Morgan fingerprint density at radius 3 is 1.81 bits per heavy atom. The lowest BCUT2D eigenvalue weighted by molar-refractivity contribution is -0.144. The first-order valence-corrected chi connectivity index (χ1v) is 12.7. The fourth-order valence-corrected chi connectivity index (χ4v) is 3.47. The molecule has 0 aromatic carbocycles. The highest BCUT2D eigenvalue weighted by Crippen LogP contribution is 2.11. The molecule has 0 aliphatic rings. The van der Waals surface area contributed by atoms with Gasteiger partial charge in [-0.2, -0.15) is 11.8 Å². The predicted octanol–water partition coefficient (Wildman–Crippen LogP) is 1.35. The zero-order valence-corrected chi connectivity index (χ0v) is 21.3. The Morgan fingerprint density at radius 1 is 0.844 bits per heavy atom. The van der Waals surface area contributed by atoms with E-state index in [1.165, 1.54) is 11.8 Å². The molecule has 0 heterocycles. The summed E-state index contributed by atoms with van der Waals surface area (Å²) in [5, 5.41) is 17.5. The van der Waals surface area contributed by atoms with Gasteiger partial charge in [-0.05, 0) is 36.2 Å². The van der Waals surface area contributed by atoms with Crippen molar-refractivity contribution in [3.05, 3.63) is 0 Å². The Balaban J connectivity index is 5.46. The minimum absolute atomic E-state index is 0.0421. The van der Waals surface area contributed by atoms with E-state index in [1.54, 1.807) is 20.8 Å². The van der Waals surface area contributed by atoms with E-state index in [9.17, 15) is 24.3 Å². The molecule has 10 heteroatoms. The van der Waals surface area contributed by atoms with Crippen LogP contribution in [0.2, 0.25) is 0 Å². The summed E-state index contributed by atoms with van der Waals surface area (Å²) in [6, 6.07) is -3.57. The fourth-order valence-electron chi connectivity index (χ4n) is 3.00. The molecule has 6 unspecified atom stereocenters. The quantitative estimate of drug-likeness (QED) is 0.240. The van der Waals surface area contributed by atoms with Crippen molar-refractivity contribution in [3.8, 4) is 0 Å². The van der Waals surface area contributed by atoms with Gasteiger partial charge in [0, 0.05) is 0 Å². The average molecular weight is 475 g/mol. The maximum Gasteiger partial charge on any atom is 0.326 e. The Morgan fingerprint density at radius 2 is 1.38 bits per heavy atom. The number of nitrogens with two attached hydrogens (primary N) is 1. The smallest absolute Gasteiger partial charge is 0.326 e. The fraction of sp³-hybridized carbons (Fsp3) is 0.818. The van der Waals surface area contributed by atoms with Crippen LogP contribution in [0.15, 0.2) is 0 Å². The lowest BCUT2D eigenvalue weighted by atomic mass is 9.97. The Hall–Kier alpha value is -1.81. The summed E-state index contributed by atoms with van der Waals surface area (Å²) in [4.78, 5) is 50.0. The number of rotatable bonds is 15. The second kappa shape index (κ2) is 15.1. The molecule has 0 aliphatic heterocycles. The van der Waals surface area contributed by atoms with Crippen LogP contribution in [0.3, 0.4) is 0 Å². The third-order valence-electron chi connectivity index (χ3n) is 5.83. The average Bonchev–Trinajstić information content (AvgIpc) is 2.75. The van der Waals surface area contributed by atoms with E-state index >= 15 is 0 Å². The standard InChI is InChI=1S/C22H42N4O5S/c1-8-13(5)16(23)20(28)25-17(12(3)4)21(29)24-15(10-11-32-7)19(27)26-18(22(30)31)14(6)9-2/h12-18H,8-11,23H2,1-7H3,(H,24,29)(H,25,28)(H,26,27)(H,30,31). The van der Waals surface area contributed by atoms with Crippen LogP contribution in [0.25, 0.3) is 0 Å². The number of hydrogen-bond acceptors (Lipinski definition) is 6. The summed E-state index contributed by atoms with van der Waals surface area (Å²) in [6.45, 7) is 11.0. The third-order valence-corrected chi connectivity index (χ3v) is 6.47. The van der Waals surface area contributed by atoms with Crippen molar-refractivity contribution in [2.24, 2.45) is 23.5 Å². The lowest BCUT2D eigenvalue weighted by Gasteiger charge is -2.28. The summed E-state index contributed by atoms with van der Waals surface area (Å²) < 4.78 is 0. The van der Waals surface area contributed by atoms with E-state index in [0.717, 1.165) is 6.42 Å². The molecule has 0 fully saturated rings. The zero-order chi connectivity index (χ0) is 25.0. The highest BCUT2D eigenvalue weighted by molar-refractivity contribution is 7.98. The van der Waals surface area contributed by atoms with E-state index in [0.29, 0.717) is 18.6 Å². The summed E-state index contributed by atoms with van der Waals surface area (Å²) in [6.07, 6.45) is 3.52. The molecule has 0 radical (unpaired) electrons. The number of thioether (sulfide) groups is 1. The normalized spacial score (nSPS) is 16.9. The molecule has 32 heavy (non-hydrogen) atoms. The highest BCUT2D eigenvalue weighted by atomic mass is 32.2. The van der Waals surface area contributed by atoms with Gasteiger partial charge >= 0.3 is 5.97 Å². The van der Waals surface area contributed by atoms with Gasteiger partial charge in [0.05, 0.1) is 6.04 Å². The number of nitrogens with one attached hydrogen (secondary N) is 3. The number of carboxylic acids is 1. The molecule has 0 aliphatic carbocycles. The van der Waals surface area contributed by atoms with Crippen molar-refractivity contribution >= 4 is 35.5 Å². The molecule has 186 valence electrons. The number of carbonyl (C=O) groups is 4. The second-order valence-electron chi connectivity index (χ2n) is 8.69. The SMILES string of the molecule is CCC(C)C(N)C(=O)NC(C(=O)NC(CCSC)C(=O)NC(C(=O)O)C(C)CC)C(C)C. The van der Waals surface area contributed by atoms with Crippen LogP contribution in [0.4, 0.5) is 0 Å². The number of amides is 3. The minimum atomic E-state index is -1.12. The van der Waals surface area contributed by atoms with Gasteiger partial charge in [0.25, 0.3) is 0 Å². The predicted molar refractivity (Wildman–Crippen MR) is 128 cm³/mol. The van der Waals surface area contributed by atoms with E-state index in [-0.39, 0.29) is 17.8 Å². The van der Waals surface area contributed by atoms with Crippen LogP contribution >= 0.6 is 11.8 Å². The monoisotopic (exact) mass is 474 g/mol. The summed E-state index contributed by atoms with van der Waals surface area (Å²) in [7, 11) is 0. The van der Waals surface area contributed by atoms with E-state index in [4.69, 9.17) is 5.73 Å². The van der Waals surface area contributed by atoms with Crippen LogP contribution in [0.5, 0.6) is 0 Å². The van der Waals surface area contributed by atoms with E-state index in [2.05, 4.69) is 16.0 Å². The van der Waals surface area contributed by atoms with Gasteiger partial charge in [0.1, 0.15) is 18.1 Å². The number of aliphatic carboxylic acids is 1. The van der Waals surface area contributed by atoms with Crippen LogP contribution < -0.4 is 21.7 Å². The van der Waals surface area contributed by atoms with Gasteiger partial charge in [-0.15, -0.1) is 0 Å². The Kier molecular flexibility index (Phi) is 14.2. The first-order valence-electron chi connectivity index (χ1n) is 11.3. The van der Waals surface area contributed by atoms with Gasteiger partial charge in [-0.25, -0.2) is 4.79 Å². The molecule has 9 nitrogen and oxygen atoms in total. The molecule has 0 bridgehead atoms. The van der Waals surface area contributed by atoms with Gasteiger partial charge < -0.3 is 26.8 Å². The van der Waals surface area contributed by atoms with E-state index in [1.807, 2.05) is 27.0 Å². The summed E-state index contributed by atoms with van der Waals surface area (Å²) in [5.41, 5.74) is 5.99. The molecular formula is C22H42N4O5S. The molecule has 0 saturated carbocycles. The molecule has 0 aromatic rings. The largest absolute Gasteiger partial charge is 0.480 e. The van der Waals surface area contributed by atoms with Crippen molar-refractivity contribution in [1.29, 1.82) is 0 Å². The summed E-state index contributed by atoms with van der Waals surface area (Å²) >= 11 is 1.51. The molecule has 0 spiro atoms. The van der Waals surface area contributed by atoms with Crippen LogP contribution in [-0.2, 0) is 19.2 Å². The molecule has 3 amide bonds. The summed E-state index contributed by atoms with van der Waals surface area (Å²) in [5.74, 6) is -2.53. The maximum atomic E-state index is 13.0. The Labute approximate surface area is 196 Å². The first-order chi connectivity index (χ1) is 14.9.